The Bertz CT molecular complexity index is 1020. The highest BCUT2D eigenvalue weighted by molar-refractivity contribution is 9.10. The van der Waals surface area contributed by atoms with Gasteiger partial charge in [0.05, 0.1) is 12.7 Å². The number of halogens is 1. The summed E-state index contributed by atoms with van der Waals surface area (Å²) in [6.45, 7) is 13.8. The van der Waals surface area contributed by atoms with Crippen LogP contribution in [0.4, 0.5) is 0 Å². The summed E-state index contributed by atoms with van der Waals surface area (Å²) in [4.78, 5) is 16.0. The van der Waals surface area contributed by atoms with Gasteiger partial charge >= 0.3 is 5.97 Å². The number of rotatable bonds is 5. The number of nitrogens with zero attached hydrogens (tertiary/aromatic N) is 4. The van der Waals surface area contributed by atoms with Gasteiger partial charge in [0, 0.05) is 22.3 Å². The Morgan fingerprint density at radius 1 is 1.23 bits per heavy atom. The third-order valence-electron chi connectivity index (χ3n) is 4.56. The molecule has 0 saturated carbocycles. The number of aromatic nitrogens is 4. The molecule has 0 N–H and O–H groups in total. The molecular weight excluding hydrogens is 460 g/mol. The van der Waals surface area contributed by atoms with Crippen molar-refractivity contribution in [2.24, 2.45) is 5.41 Å². The summed E-state index contributed by atoms with van der Waals surface area (Å²) in [5.41, 5.74) is 3.36. The van der Waals surface area contributed by atoms with Crippen LogP contribution in [0.2, 0.25) is 0 Å². The van der Waals surface area contributed by atoms with E-state index in [2.05, 4.69) is 58.9 Å². The Labute approximate surface area is 192 Å². The number of benzene rings is 1. The van der Waals surface area contributed by atoms with Gasteiger partial charge in [-0.05, 0) is 49.9 Å². The van der Waals surface area contributed by atoms with Crippen molar-refractivity contribution in [2.75, 3.05) is 7.11 Å². The molecule has 0 aliphatic heterocycles. The molecule has 2 heterocycles. The average molecular weight is 491 g/mol. The highest BCUT2D eigenvalue weighted by Crippen LogP contribution is 2.29. The fourth-order valence-corrected chi connectivity index (χ4v) is 3.62. The summed E-state index contributed by atoms with van der Waals surface area (Å²) in [5, 5.41) is 8.43. The predicted molar refractivity (Wildman–Crippen MR) is 125 cm³/mol. The number of hydrogen-bond donors (Lipinski definition) is 0. The van der Waals surface area contributed by atoms with E-state index in [0.717, 1.165) is 12.2 Å². The first-order chi connectivity index (χ1) is 14.6. The maximum atomic E-state index is 11.6. The van der Waals surface area contributed by atoms with Gasteiger partial charge in [0.2, 0.25) is 5.82 Å². The van der Waals surface area contributed by atoms with E-state index in [9.17, 15) is 4.79 Å². The molecule has 0 fully saturated rings. The van der Waals surface area contributed by atoms with E-state index in [1.807, 2.05) is 24.6 Å². The topological polar surface area (TPSA) is 83.0 Å². The fraction of sp³-hybridized carbons (Fsp3) is 0.478. The highest BCUT2D eigenvalue weighted by Gasteiger charge is 2.17. The molecule has 0 amide bonds. The minimum Gasteiger partial charge on any atom is -0.465 e. The molecule has 0 unspecified atom stereocenters. The van der Waals surface area contributed by atoms with E-state index >= 15 is 0 Å². The molecule has 8 heteroatoms. The molecule has 168 valence electrons. The maximum Gasteiger partial charge on any atom is 0.337 e. The number of hydrogen-bond acceptors (Lipinski definition) is 6. The Morgan fingerprint density at radius 3 is 2.42 bits per heavy atom. The molecule has 0 radical (unpaired) electrons. The summed E-state index contributed by atoms with van der Waals surface area (Å²) < 4.78 is 12.6. The SMILES string of the molecule is CCCC(C)(C)C.CCn1nc(-c2nc(-c3ccc(C(=O)OC)cc3Br)no2)cc1C. The predicted octanol–water partition coefficient (Wildman–Crippen LogP) is 6.31. The lowest BCUT2D eigenvalue weighted by Gasteiger charge is -2.15. The summed E-state index contributed by atoms with van der Waals surface area (Å²) in [5.74, 6) is 0.359. The van der Waals surface area contributed by atoms with Crippen molar-refractivity contribution in [3.63, 3.8) is 0 Å². The van der Waals surface area contributed by atoms with Gasteiger partial charge in [-0.1, -0.05) is 55.2 Å². The van der Waals surface area contributed by atoms with Crippen LogP contribution in [0.3, 0.4) is 0 Å². The average Bonchev–Trinajstić information content (AvgIpc) is 3.33. The van der Waals surface area contributed by atoms with Gasteiger partial charge in [-0.2, -0.15) is 10.1 Å². The van der Waals surface area contributed by atoms with Gasteiger partial charge in [-0.3, -0.25) is 4.68 Å². The smallest absolute Gasteiger partial charge is 0.337 e. The molecule has 7 nitrogen and oxygen atoms in total. The van der Waals surface area contributed by atoms with Gasteiger partial charge in [-0.25, -0.2) is 4.79 Å². The van der Waals surface area contributed by atoms with Crippen LogP contribution in [-0.4, -0.2) is 33.0 Å². The first-order valence-electron chi connectivity index (χ1n) is 10.4. The maximum absolute atomic E-state index is 11.6. The number of ether oxygens (including phenoxy) is 1. The standard InChI is InChI=1S/C16H15BrN4O3.C7H16/c1-4-21-9(2)7-13(19-21)15-18-14(20-24-15)11-6-5-10(8-12(11)17)16(22)23-3;1-5-6-7(2,3)4/h5-8H,4H2,1-3H3;5-6H2,1-4H3. The Morgan fingerprint density at radius 2 is 1.94 bits per heavy atom. The van der Waals surface area contributed by atoms with E-state index < -0.39 is 5.97 Å². The molecule has 0 spiro atoms. The van der Waals surface area contributed by atoms with Crippen molar-refractivity contribution >= 4 is 21.9 Å². The van der Waals surface area contributed by atoms with Crippen LogP contribution in [0.15, 0.2) is 33.3 Å². The normalized spacial score (nSPS) is 11.1. The van der Waals surface area contributed by atoms with Crippen LogP contribution in [0.25, 0.3) is 23.0 Å². The molecule has 1 aromatic carbocycles. The molecule has 3 aromatic rings. The van der Waals surface area contributed by atoms with Crippen LogP contribution >= 0.6 is 15.9 Å². The van der Waals surface area contributed by atoms with Crippen molar-refractivity contribution in [1.82, 2.24) is 19.9 Å². The van der Waals surface area contributed by atoms with Crippen LogP contribution < -0.4 is 0 Å². The zero-order valence-electron chi connectivity index (χ0n) is 19.3. The Kier molecular flexibility index (Phi) is 8.56. The largest absolute Gasteiger partial charge is 0.465 e. The summed E-state index contributed by atoms with van der Waals surface area (Å²) >= 11 is 3.42. The number of aryl methyl sites for hydroxylation is 2. The summed E-state index contributed by atoms with van der Waals surface area (Å²) in [6, 6.07) is 6.95. The summed E-state index contributed by atoms with van der Waals surface area (Å²) in [6.07, 6.45) is 2.65. The van der Waals surface area contributed by atoms with Crippen LogP contribution in [0.5, 0.6) is 0 Å². The van der Waals surface area contributed by atoms with Gasteiger partial charge in [0.1, 0.15) is 0 Å². The van der Waals surface area contributed by atoms with Crippen LogP contribution in [0.1, 0.15) is 63.5 Å². The van der Waals surface area contributed by atoms with Crippen molar-refractivity contribution in [2.45, 2.75) is 60.9 Å². The summed E-state index contributed by atoms with van der Waals surface area (Å²) in [7, 11) is 1.34. The zero-order valence-corrected chi connectivity index (χ0v) is 20.9. The van der Waals surface area contributed by atoms with E-state index in [1.165, 1.54) is 20.0 Å². The second-order valence-corrected chi connectivity index (χ2v) is 9.26. The van der Waals surface area contributed by atoms with Crippen molar-refractivity contribution in [3.8, 4) is 23.0 Å². The Balaban J connectivity index is 0.000000423. The zero-order chi connectivity index (χ0) is 23.2. The van der Waals surface area contributed by atoms with Crippen LogP contribution in [-0.2, 0) is 11.3 Å². The molecule has 31 heavy (non-hydrogen) atoms. The molecule has 3 rings (SSSR count). The molecule has 0 saturated heterocycles. The van der Waals surface area contributed by atoms with Crippen molar-refractivity contribution in [3.05, 3.63) is 40.0 Å². The van der Waals surface area contributed by atoms with Gasteiger partial charge < -0.3 is 9.26 Å². The third kappa shape index (κ3) is 6.75. The third-order valence-corrected chi connectivity index (χ3v) is 5.21. The van der Waals surface area contributed by atoms with Crippen molar-refractivity contribution in [1.29, 1.82) is 0 Å². The van der Waals surface area contributed by atoms with E-state index in [0.29, 0.717) is 38.4 Å². The molecule has 0 aliphatic carbocycles. The molecule has 0 atom stereocenters. The minimum absolute atomic E-state index is 0.351. The molecule has 0 aliphatic rings. The van der Waals surface area contributed by atoms with Gasteiger partial charge in [-0.15, -0.1) is 0 Å². The lowest BCUT2D eigenvalue weighted by molar-refractivity contribution is 0.0600. The second-order valence-electron chi connectivity index (χ2n) is 8.41. The minimum atomic E-state index is -0.406. The van der Waals surface area contributed by atoms with Crippen molar-refractivity contribution < 1.29 is 14.1 Å². The monoisotopic (exact) mass is 490 g/mol. The number of carbonyl (C=O) groups is 1. The first-order valence-corrected chi connectivity index (χ1v) is 11.2. The molecular formula is C23H31BrN4O3. The molecule has 2 aromatic heterocycles. The molecule has 0 bridgehead atoms. The van der Waals surface area contributed by atoms with Gasteiger partial charge in [0.25, 0.3) is 5.89 Å². The second kappa shape index (κ2) is 10.7. The quantitative estimate of drug-likeness (QED) is 0.389. The van der Waals surface area contributed by atoms with Gasteiger partial charge in [0.15, 0.2) is 5.69 Å². The number of carbonyl (C=O) groups excluding carboxylic acids is 1. The lowest BCUT2D eigenvalue weighted by Crippen LogP contribution is -2.02. The lowest BCUT2D eigenvalue weighted by atomic mass is 9.91. The first kappa shape index (κ1) is 24.8. The van der Waals surface area contributed by atoms with Crippen LogP contribution in [0, 0.1) is 12.3 Å². The number of methoxy groups -OCH3 is 1. The highest BCUT2D eigenvalue weighted by atomic mass is 79.9. The fourth-order valence-electron chi connectivity index (χ4n) is 3.06. The van der Waals surface area contributed by atoms with E-state index in [4.69, 9.17) is 9.26 Å². The number of esters is 1. The Hall–Kier alpha value is -2.48. The van der Waals surface area contributed by atoms with E-state index in [1.54, 1.807) is 18.2 Å². The van der Waals surface area contributed by atoms with E-state index in [-0.39, 0.29) is 0 Å².